The van der Waals surface area contributed by atoms with Gasteiger partial charge in [-0.15, -0.1) is 0 Å². The SMILES string of the molecule is CN=C(NCCCc1ccc(C(C)C)cc1)NCc1ncccc1F. The Labute approximate surface area is 149 Å². The fourth-order valence-electron chi connectivity index (χ4n) is 2.51. The van der Waals surface area contributed by atoms with Gasteiger partial charge in [-0.2, -0.15) is 0 Å². The van der Waals surface area contributed by atoms with Gasteiger partial charge in [-0.25, -0.2) is 4.39 Å². The van der Waals surface area contributed by atoms with Crippen LogP contribution in [0.4, 0.5) is 4.39 Å². The van der Waals surface area contributed by atoms with Crippen LogP contribution < -0.4 is 10.6 Å². The van der Waals surface area contributed by atoms with E-state index < -0.39 is 0 Å². The third-order valence-electron chi connectivity index (χ3n) is 4.06. The van der Waals surface area contributed by atoms with Crippen molar-refractivity contribution in [3.8, 4) is 0 Å². The smallest absolute Gasteiger partial charge is 0.191 e. The summed E-state index contributed by atoms with van der Waals surface area (Å²) in [5, 5.41) is 6.33. The van der Waals surface area contributed by atoms with E-state index in [0.29, 0.717) is 24.1 Å². The molecule has 0 saturated heterocycles. The first-order valence-electron chi connectivity index (χ1n) is 8.73. The van der Waals surface area contributed by atoms with Gasteiger partial charge < -0.3 is 10.6 Å². The molecule has 0 aliphatic rings. The van der Waals surface area contributed by atoms with Gasteiger partial charge in [-0.1, -0.05) is 38.1 Å². The molecule has 0 fully saturated rings. The molecule has 2 aromatic rings. The van der Waals surface area contributed by atoms with Gasteiger partial charge in [0.15, 0.2) is 5.96 Å². The molecule has 4 nitrogen and oxygen atoms in total. The molecule has 2 rings (SSSR count). The second kappa shape index (κ2) is 9.77. The van der Waals surface area contributed by atoms with Gasteiger partial charge in [-0.05, 0) is 42.0 Å². The molecule has 5 heteroatoms. The van der Waals surface area contributed by atoms with Gasteiger partial charge >= 0.3 is 0 Å². The maximum Gasteiger partial charge on any atom is 0.191 e. The summed E-state index contributed by atoms with van der Waals surface area (Å²) >= 11 is 0. The molecule has 1 aromatic carbocycles. The normalized spacial score (nSPS) is 11.6. The lowest BCUT2D eigenvalue weighted by molar-refractivity contribution is 0.592. The third-order valence-corrected chi connectivity index (χ3v) is 4.06. The number of hydrogen-bond acceptors (Lipinski definition) is 2. The van der Waals surface area contributed by atoms with Crippen molar-refractivity contribution in [2.24, 2.45) is 4.99 Å². The van der Waals surface area contributed by atoms with Crippen LogP contribution in [0, 0.1) is 5.82 Å². The summed E-state index contributed by atoms with van der Waals surface area (Å²) < 4.78 is 13.6. The van der Waals surface area contributed by atoms with Crippen LogP contribution in [-0.4, -0.2) is 24.5 Å². The van der Waals surface area contributed by atoms with Gasteiger partial charge in [0.1, 0.15) is 5.82 Å². The Bertz CT molecular complexity index is 680. The summed E-state index contributed by atoms with van der Waals surface area (Å²) in [4.78, 5) is 8.17. The van der Waals surface area contributed by atoms with Crippen LogP contribution in [0.5, 0.6) is 0 Å². The summed E-state index contributed by atoms with van der Waals surface area (Å²) in [7, 11) is 1.70. The van der Waals surface area contributed by atoms with E-state index >= 15 is 0 Å². The van der Waals surface area contributed by atoms with E-state index in [1.807, 2.05) is 0 Å². The predicted molar refractivity (Wildman–Crippen MR) is 101 cm³/mol. The maximum absolute atomic E-state index is 13.6. The van der Waals surface area contributed by atoms with Gasteiger partial charge in [-0.3, -0.25) is 9.98 Å². The molecule has 0 bridgehead atoms. The van der Waals surface area contributed by atoms with Crippen LogP contribution in [-0.2, 0) is 13.0 Å². The van der Waals surface area contributed by atoms with Crippen molar-refractivity contribution >= 4 is 5.96 Å². The summed E-state index contributed by atoms with van der Waals surface area (Å²) in [6.45, 7) is 5.52. The van der Waals surface area contributed by atoms with Crippen molar-refractivity contribution in [2.75, 3.05) is 13.6 Å². The van der Waals surface area contributed by atoms with Crippen molar-refractivity contribution in [2.45, 2.75) is 39.2 Å². The quantitative estimate of drug-likeness (QED) is 0.459. The van der Waals surface area contributed by atoms with E-state index in [2.05, 4.69) is 58.7 Å². The van der Waals surface area contributed by atoms with E-state index in [1.54, 1.807) is 19.3 Å². The zero-order valence-electron chi connectivity index (χ0n) is 15.2. The van der Waals surface area contributed by atoms with E-state index in [4.69, 9.17) is 0 Å². The lowest BCUT2D eigenvalue weighted by Crippen LogP contribution is -2.37. The minimum absolute atomic E-state index is 0.309. The van der Waals surface area contributed by atoms with Crippen LogP contribution in [0.25, 0.3) is 0 Å². The Hall–Kier alpha value is -2.43. The molecule has 0 amide bonds. The molecule has 0 unspecified atom stereocenters. The molecule has 0 spiro atoms. The van der Waals surface area contributed by atoms with E-state index in [9.17, 15) is 4.39 Å². The van der Waals surface area contributed by atoms with Crippen LogP contribution in [0.1, 0.15) is 43.0 Å². The van der Waals surface area contributed by atoms with Crippen LogP contribution in [0.3, 0.4) is 0 Å². The molecule has 1 heterocycles. The summed E-state index contributed by atoms with van der Waals surface area (Å²) in [6, 6.07) is 11.8. The standard InChI is InChI=1S/C20H27FN4/c1-15(2)17-10-8-16(9-11-17)6-4-13-24-20(22-3)25-14-19-18(21)7-5-12-23-19/h5,7-12,15H,4,6,13-14H2,1-3H3,(H2,22,24,25). The summed E-state index contributed by atoms with van der Waals surface area (Å²) in [5.74, 6) is 0.907. The molecule has 0 saturated carbocycles. The van der Waals surface area contributed by atoms with Gasteiger partial charge in [0.2, 0.25) is 0 Å². The van der Waals surface area contributed by atoms with E-state index in [0.717, 1.165) is 19.4 Å². The highest BCUT2D eigenvalue weighted by Gasteiger charge is 2.04. The summed E-state index contributed by atoms with van der Waals surface area (Å²) in [6.07, 6.45) is 3.59. The van der Waals surface area contributed by atoms with Crippen molar-refractivity contribution in [3.63, 3.8) is 0 Å². The van der Waals surface area contributed by atoms with Crippen LogP contribution in [0.2, 0.25) is 0 Å². The zero-order valence-corrected chi connectivity index (χ0v) is 15.2. The number of nitrogens with one attached hydrogen (secondary N) is 2. The number of benzene rings is 1. The van der Waals surface area contributed by atoms with Crippen molar-refractivity contribution in [1.82, 2.24) is 15.6 Å². The molecular formula is C20H27FN4. The minimum atomic E-state index is -0.310. The zero-order chi connectivity index (χ0) is 18.1. The number of pyridine rings is 1. The first kappa shape index (κ1) is 18.9. The minimum Gasteiger partial charge on any atom is -0.356 e. The Morgan fingerprint density at radius 3 is 2.56 bits per heavy atom. The highest BCUT2D eigenvalue weighted by Crippen LogP contribution is 2.15. The first-order chi connectivity index (χ1) is 12.1. The van der Waals surface area contributed by atoms with E-state index in [1.165, 1.54) is 17.2 Å². The predicted octanol–water partition coefficient (Wildman–Crippen LogP) is 3.64. The highest BCUT2D eigenvalue weighted by atomic mass is 19.1. The average Bonchev–Trinajstić information content (AvgIpc) is 2.62. The number of nitrogens with zero attached hydrogens (tertiary/aromatic N) is 2. The molecule has 25 heavy (non-hydrogen) atoms. The molecule has 0 atom stereocenters. The van der Waals surface area contributed by atoms with Crippen LogP contribution >= 0.6 is 0 Å². The number of aliphatic imine (C=N–C) groups is 1. The molecule has 0 aliphatic heterocycles. The molecule has 0 aliphatic carbocycles. The van der Waals surface area contributed by atoms with Gasteiger partial charge in [0, 0.05) is 19.8 Å². The molecule has 2 N–H and O–H groups in total. The van der Waals surface area contributed by atoms with E-state index in [-0.39, 0.29) is 5.82 Å². The third kappa shape index (κ3) is 6.18. The second-order valence-electron chi connectivity index (χ2n) is 6.28. The van der Waals surface area contributed by atoms with Gasteiger partial charge in [0.25, 0.3) is 0 Å². The number of hydrogen-bond donors (Lipinski definition) is 2. The monoisotopic (exact) mass is 342 g/mol. The summed E-state index contributed by atoms with van der Waals surface area (Å²) in [5.41, 5.74) is 3.09. The Morgan fingerprint density at radius 2 is 1.92 bits per heavy atom. The van der Waals surface area contributed by atoms with Crippen molar-refractivity contribution in [1.29, 1.82) is 0 Å². The number of aromatic nitrogens is 1. The Kier molecular flexibility index (Phi) is 7.38. The number of halogens is 1. The Morgan fingerprint density at radius 1 is 1.16 bits per heavy atom. The fraction of sp³-hybridized carbons (Fsp3) is 0.400. The maximum atomic E-state index is 13.6. The molecule has 1 aromatic heterocycles. The molecule has 134 valence electrons. The topological polar surface area (TPSA) is 49.3 Å². The average molecular weight is 342 g/mol. The van der Waals surface area contributed by atoms with Gasteiger partial charge in [0.05, 0.1) is 12.2 Å². The lowest BCUT2D eigenvalue weighted by Gasteiger charge is -2.12. The number of guanidine groups is 1. The fourth-order valence-corrected chi connectivity index (χ4v) is 2.51. The number of rotatable bonds is 7. The molecule has 0 radical (unpaired) electrons. The second-order valence-corrected chi connectivity index (χ2v) is 6.28. The first-order valence-corrected chi connectivity index (χ1v) is 8.73. The van der Waals surface area contributed by atoms with Crippen LogP contribution in [0.15, 0.2) is 47.6 Å². The number of aryl methyl sites for hydroxylation is 1. The molecular weight excluding hydrogens is 315 g/mol. The largest absolute Gasteiger partial charge is 0.356 e. The highest BCUT2D eigenvalue weighted by molar-refractivity contribution is 5.79. The van der Waals surface area contributed by atoms with Crippen molar-refractivity contribution < 1.29 is 4.39 Å². The van der Waals surface area contributed by atoms with Crippen molar-refractivity contribution in [3.05, 3.63) is 65.2 Å². The lowest BCUT2D eigenvalue weighted by atomic mass is 10.0. The Balaban J connectivity index is 1.71.